The Morgan fingerprint density at radius 2 is 2.00 bits per heavy atom. The van der Waals surface area contributed by atoms with Crippen molar-refractivity contribution in [3.05, 3.63) is 60.0 Å². The fraction of sp³-hybridized carbons (Fsp3) is 0.370. The highest BCUT2D eigenvalue weighted by Crippen LogP contribution is 2.28. The normalized spacial score (nSPS) is 15.5. The number of piperidine rings is 1. The highest BCUT2D eigenvalue weighted by molar-refractivity contribution is 5.85. The first-order chi connectivity index (χ1) is 18.4. The standard InChI is InChI=1S/C27H32FN5O5/c1-32-12-4-5-18(15-32)17-38-24-8-6-20(14-22(24)28)30-26-29-11-10-25(31-26)33(27(34)35)16-19-13-21(36-2)7-9-23(19)37-3/h6-11,13-14,18H,4-5,12,15-17H2,1-3H3,(H,34,35)(H,29,30,31). The largest absolute Gasteiger partial charge is 0.497 e. The van der Waals surface area contributed by atoms with Crippen molar-refractivity contribution < 1.29 is 28.5 Å². The Balaban J connectivity index is 1.46. The average molecular weight is 526 g/mol. The fourth-order valence-corrected chi connectivity index (χ4v) is 4.42. The Morgan fingerprint density at radius 1 is 1.18 bits per heavy atom. The van der Waals surface area contributed by atoms with E-state index >= 15 is 0 Å². The molecule has 202 valence electrons. The summed E-state index contributed by atoms with van der Waals surface area (Å²) in [5, 5.41) is 12.8. The number of nitrogens with zero attached hydrogens (tertiary/aromatic N) is 4. The molecule has 1 aromatic heterocycles. The second-order valence-corrected chi connectivity index (χ2v) is 9.14. The van der Waals surface area contributed by atoms with E-state index < -0.39 is 11.9 Å². The average Bonchev–Trinajstić information content (AvgIpc) is 2.91. The van der Waals surface area contributed by atoms with Crippen molar-refractivity contribution in [2.45, 2.75) is 19.4 Å². The van der Waals surface area contributed by atoms with Crippen LogP contribution in [0.15, 0.2) is 48.7 Å². The van der Waals surface area contributed by atoms with E-state index in [1.54, 1.807) is 30.3 Å². The lowest BCUT2D eigenvalue weighted by molar-refractivity contribution is 0.147. The molecule has 0 saturated carbocycles. The van der Waals surface area contributed by atoms with Crippen LogP contribution in [-0.2, 0) is 6.54 Å². The van der Waals surface area contributed by atoms with Crippen LogP contribution < -0.4 is 24.4 Å². The molecule has 1 aliphatic heterocycles. The number of likely N-dealkylation sites (tertiary alicyclic amines) is 1. The van der Waals surface area contributed by atoms with E-state index in [1.807, 2.05) is 0 Å². The van der Waals surface area contributed by atoms with Crippen molar-refractivity contribution in [3.63, 3.8) is 0 Å². The van der Waals surface area contributed by atoms with Gasteiger partial charge in [-0.25, -0.2) is 14.2 Å². The molecule has 3 aromatic rings. The zero-order valence-corrected chi connectivity index (χ0v) is 21.7. The lowest BCUT2D eigenvalue weighted by Gasteiger charge is -2.29. The fourth-order valence-electron chi connectivity index (χ4n) is 4.42. The zero-order valence-electron chi connectivity index (χ0n) is 21.7. The summed E-state index contributed by atoms with van der Waals surface area (Å²) in [5.74, 6) is 1.38. The maximum atomic E-state index is 14.7. The van der Waals surface area contributed by atoms with Gasteiger partial charge in [-0.2, -0.15) is 4.98 Å². The first-order valence-corrected chi connectivity index (χ1v) is 12.3. The molecule has 10 nitrogen and oxygen atoms in total. The first-order valence-electron chi connectivity index (χ1n) is 12.3. The Hall–Kier alpha value is -4.12. The molecule has 0 aliphatic carbocycles. The van der Waals surface area contributed by atoms with E-state index in [9.17, 15) is 14.3 Å². The highest BCUT2D eigenvalue weighted by Gasteiger charge is 2.21. The minimum absolute atomic E-state index is 0.0381. The summed E-state index contributed by atoms with van der Waals surface area (Å²) in [6.45, 7) is 2.44. The number of anilines is 3. The van der Waals surface area contributed by atoms with Crippen LogP contribution in [0.3, 0.4) is 0 Å². The molecule has 2 N–H and O–H groups in total. The highest BCUT2D eigenvalue weighted by atomic mass is 19.1. The van der Waals surface area contributed by atoms with Gasteiger partial charge in [0.15, 0.2) is 11.6 Å². The minimum atomic E-state index is -1.21. The molecule has 1 unspecified atom stereocenters. The van der Waals surface area contributed by atoms with Gasteiger partial charge in [-0.05, 0) is 62.8 Å². The lowest BCUT2D eigenvalue weighted by atomic mass is 10.00. The molecule has 0 bridgehead atoms. The van der Waals surface area contributed by atoms with E-state index in [-0.39, 0.29) is 24.1 Å². The van der Waals surface area contributed by atoms with Gasteiger partial charge >= 0.3 is 6.09 Å². The van der Waals surface area contributed by atoms with Crippen LogP contribution >= 0.6 is 0 Å². The quantitative estimate of drug-likeness (QED) is 0.386. The van der Waals surface area contributed by atoms with Gasteiger partial charge in [-0.1, -0.05) is 0 Å². The monoisotopic (exact) mass is 525 g/mol. The third kappa shape index (κ3) is 6.80. The summed E-state index contributed by atoms with van der Waals surface area (Å²) in [5.41, 5.74) is 1.00. The SMILES string of the molecule is COc1ccc(OC)c(CN(C(=O)O)c2ccnc(Nc3ccc(OCC4CCCN(C)C4)c(F)c3)n2)c1. The topological polar surface area (TPSA) is 109 Å². The van der Waals surface area contributed by atoms with Gasteiger partial charge in [0.25, 0.3) is 0 Å². The number of hydrogen-bond donors (Lipinski definition) is 2. The third-order valence-electron chi connectivity index (χ3n) is 6.35. The van der Waals surface area contributed by atoms with Gasteiger partial charge in [0.1, 0.15) is 17.3 Å². The van der Waals surface area contributed by atoms with Gasteiger partial charge in [-0.15, -0.1) is 0 Å². The number of aromatic nitrogens is 2. The van der Waals surface area contributed by atoms with E-state index in [1.165, 1.54) is 32.5 Å². The maximum absolute atomic E-state index is 14.7. The predicted octanol–water partition coefficient (Wildman–Crippen LogP) is 4.78. The summed E-state index contributed by atoms with van der Waals surface area (Å²) in [4.78, 5) is 23.9. The number of methoxy groups -OCH3 is 2. The summed E-state index contributed by atoms with van der Waals surface area (Å²) in [6.07, 6.45) is 2.40. The van der Waals surface area contributed by atoms with Crippen molar-refractivity contribution in [2.75, 3.05) is 51.2 Å². The second kappa shape index (κ2) is 12.4. The molecule has 0 spiro atoms. The number of rotatable bonds is 10. The molecule has 38 heavy (non-hydrogen) atoms. The Bertz CT molecular complexity index is 1260. The van der Waals surface area contributed by atoms with Crippen LogP contribution in [0.5, 0.6) is 17.2 Å². The molecule has 1 amide bonds. The number of amides is 1. The Kier molecular flexibility index (Phi) is 8.80. The van der Waals surface area contributed by atoms with Crippen molar-refractivity contribution in [2.24, 2.45) is 5.92 Å². The van der Waals surface area contributed by atoms with E-state index in [0.29, 0.717) is 35.3 Å². The van der Waals surface area contributed by atoms with E-state index in [0.717, 1.165) is 30.8 Å². The van der Waals surface area contributed by atoms with Crippen LogP contribution in [-0.4, -0.2) is 67.0 Å². The molecule has 1 atom stereocenters. The van der Waals surface area contributed by atoms with Gasteiger partial charge in [0.05, 0.1) is 27.4 Å². The van der Waals surface area contributed by atoms with Crippen molar-refractivity contribution in [1.29, 1.82) is 0 Å². The number of hydrogen-bond acceptors (Lipinski definition) is 8. The number of halogens is 1. The van der Waals surface area contributed by atoms with E-state index in [2.05, 4.69) is 27.2 Å². The predicted molar refractivity (Wildman–Crippen MR) is 141 cm³/mol. The van der Waals surface area contributed by atoms with Gasteiger partial charge in [0.2, 0.25) is 5.95 Å². The molecule has 1 fully saturated rings. The number of nitrogens with one attached hydrogen (secondary N) is 1. The van der Waals surface area contributed by atoms with Crippen molar-refractivity contribution >= 4 is 23.5 Å². The number of benzene rings is 2. The number of ether oxygens (including phenoxy) is 3. The summed E-state index contributed by atoms with van der Waals surface area (Å²) < 4.78 is 31.1. The van der Waals surface area contributed by atoms with Crippen LogP contribution in [0.2, 0.25) is 0 Å². The summed E-state index contributed by atoms with van der Waals surface area (Å²) >= 11 is 0. The molecule has 2 aromatic carbocycles. The van der Waals surface area contributed by atoms with E-state index in [4.69, 9.17) is 14.2 Å². The maximum Gasteiger partial charge on any atom is 0.413 e. The molecule has 1 aliphatic rings. The number of carbonyl (C=O) groups is 1. The van der Waals surface area contributed by atoms with Crippen LogP contribution in [0.1, 0.15) is 18.4 Å². The van der Waals surface area contributed by atoms with Gasteiger partial charge < -0.3 is 29.5 Å². The summed E-state index contributed by atoms with van der Waals surface area (Å²) in [6, 6.07) is 11.1. The molecular weight excluding hydrogens is 493 g/mol. The molecule has 11 heteroatoms. The molecule has 4 rings (SSSR count). The third-order valence-corrected chi connectivity index (χ3v) is 6.35. The second-order valence-electron chi connectivity index (χ2n) is 9.14. The minimum Gasteiger partial charge on any atom is -0.497 e. The molecule has 2 heterocycles. The Morgan fingerprint density at radius 3 is 2.71 bits per heavy atom. The van der Waals surface area contributed by atoms with Crippen molar-refractivity contribution in [1.82, 2.24) is 14.9 Å². The van der Waals surface area contributed by atoms with Crippen LogP contribution in [0.25, 0.3) is 0 Å². The molecular formula is C27H32FN5O5. The smallest absolute Gasteiger partial charge is 0.413 e. The van der Waals surface area contributed by atoms with Gasteiger partial charge in [-0.3, -0.25) is 4.90 Å². The number of carboxylic acid groups (broad SMARTS) is 1. The van der Waals surface area contributed by atoms with Crippen LogP contribution in [0.4, 0.5) is 26.6 Å². The Labute approximate surface area is 221 Å². The first kappa shape index (κ1) is 26.9. The lowest BCUT2D eigenvalue weighted by Crippen LogP contribution is -2.34. The van der Waals surface area contributed by atoms with Crippen LogP contribution in [0, 0.1) is 11.7 Å². The molecule has 0 radical (unpaired) electrons. The van der Waals surface area contributed by atoms with Crippen molar-refractivity contribution in [3.8, 4) is 17.2 Å². The molecule has 1 saturated heterocycles. The van der Waals surface area contributed by atoms with Gasteiger partial charge in [0, 0.05) is 36.0 Å². The summed E-state index contributed by atoms with van der Waals surface area (Å²) in [7, 11) is 5.11. The zero-order chi connectivity index (χ0) is 27.1.